The zero-order valence-electron chi connectivity index (χ0n) is 17.8. The number of amides is 1. The number of aromatic nitrogens is 1. The van der Waals surface area contributed by atoms with Crippen LogP contribution in [0.2, 0.25) is 0 Å². The Morgan fingerprint density at radius 3 is 2.60 bits per heavy atom. The molecule has 0 saturated heterocycles. The smallest absolute Gasteiger partial charge is 0.254 e. The van der Waals surface area contributed by atoms with Crippen LogP contribution < -0.4 is 4.74 Å². The van der Waals surface area contributed by atoms with E-state index in [0.717, 1.165) is 34.0 Å². The molecule has 30 heavy (non-hydrogen) atoms. The Morgan fingerprint density at radius 1 is 1.10 bits per heavy atom. The predicted molar refractivity (Wildman–Crippen MR) is 120 cm³/mol. The average Bonchev–Trinajstić information content (AvgIpc) is 3.20. The monoisotopic (exact) mass is 424 g/mol. The summed E-state index contributed by atoms with van der Waals surface area (Å²) in [5, 5.41) is 2.90. The van der Waals surface area contributed by atoms with E-state index in [1.807, 2.05) is 72.7 Å². The third kappa shape index (κ3) is 6.15. The van der Waals surface area contributed by atoms with Crippen molar-refractivity contribution in [2.45, 2.75) is 33.4 Å². The Balaban J connectivity index is 1.66. The highest BCUT2D eigenvalue weighted by molar-refractivity contribution is 7.09. The maximum atomic E-state index is 13.1. The predicted octanol–water partition coefficient (Wildman–Crippen LogP) is 5.02. The van der Waals surface area contributed by atoms with Gasteiger partial charge in [0.15, 0.2) is 0 Å². The van der Waals surface area contributed by atoms with Crippen LogP contribution in [0.25, 0.3) is 0 Å². The number of benzene rings is 2. The van der Waals surface area contributed by atoms with E-state index in [2.05, 4.69) is 4.98 Å². The first kappa shape index (κ1) is 22.0. The molecule has 1 amide bonds. The van der Waals surface area contributed by atoms with E-state index < -0.39 is 0 Å². The second kappa shape index (κ2) is 10.9. The van der Waals surface area contributed by atoms with Gasteiger partial charge in [0.25, 0.3) is 5.91 Å². The van der Waals surface area contributed by atoms with Crippen molar-refractivity contribution in [3.8, 4) is 5.75 Å². The minimum Gasteiger partial charge on any atom is -0.486 e. The minimum absolute atomic E-state index is 0.0228. The van der Waals surface area contributed by atoms with Gasteiger partial charge in [-0.3, -0.25) is 4.79 Å². The van der Waals surface area contributed by atoms with Crippen molar-refractivity contribution in [1.29, 1.82) is 0 Å². The third-order valence-electron chi connectivity index (χ3n) is 4.77. The molecular weight excluding hydrogens is 396 g/mol. The largest absolute Gasteiger partial charge is 0.486 e. The summed E-state index contributed by atoms with van der Waals surface area (Å²) >= 11 is 1.55. The lowest BCUT2D eigenvalue weighted by atomic mass is 10.1. The molecule has 158 valence electrons. The third-order valence-corrected chi connectivity index (χ3v) is 5.65. The fraction of sp³-hybridized carbons (Fsp3) is 0.333. The van der Waals surface area contributed by atoms with Crippen LogP contribution in [0.15, 0.2) is 53.9 Å². The molecule has 6 heteroatoms. The van der Waals surface area contributed by atoms with Crippen molar-refractivity contribution in [2.75, 3.05) is 20.3 Å². The Labute approximate surface area is 182 Å². The van der Waals surface area contributed by atoms with Crippen molar-refractivity contribution in [3.63, 3.8) is 0 Å². The van der Waals surface area contributed by atoms with Crippen LogP contribution in [0.3, 0.4) is 0 Å². The van der Waals surface area contributed by atoms with Gasteiger partial charge in [0, 0.05) is 31.2 Å². The summed E-state index contributed by atoms with van der Waals surface area (Å²) in [6, 6.07) is 15.7. The number of methoxy groups -OCH3 is 1. The summed E-state index contributed by atoms with van der Waals surface area (Å²) in [6.07, 6.45) is 0.779. The van der Waals surface area contributed by atoms with Gasteiger partial charge in [0.2, 0.25) is 0 Å². The zero-order valence-corrected chi connectivity index (χ0v) is 18.6. The number of rotatable bonds is 10. The molecule has 3 aromatic rings. The number of nitrogens with zero attached hydrogens (tertiary/aromatic N) is 2. The molecular formula is C24H28N2O3S. The zero-order chi connectivity index (χ0) is 21.3. The molecule has 1 heterocycles. The number of carbonyl (C=O) groups is 1. The van der Waals surface area contributed by atoms with Gasteiger partial charge in [-0.05, 0) is 44.0 Å². The van der Waals surface area contributed by atoms with Crippen LogP contribution in [0.5, 0.6) is 5.75 Å². The van der Waals surface area contributed by atoms with E-state index in [-0.39, 0.29) is 5.91 Å². The molecule has 0 N–H and O–H groups in total. The average molecular weight is 425 g/mol. The lowest BCUT2D eigenvalue weighted by Crippen LogP contribution is -2.32. The summed E-state index contributed by atoms with van der Waals surface area (Å²) in [4.78, 5) is 19.7. The van der Waals surface area contributed by atoms with E-state index >= 15 is 0 Å². The van der Waals surface area contributed by atoms with Crippen molar-refractivity contribution < 1.29 is 14.3 Å². The van der Waals surface area contributed by atoms with Crippen molar-refractivity contribution in [1.82, 2.24) is 9.88 Å². The molecule has 2 aromatic carbocycles. The van der Waals surface area contributed by atoms with Gasteiger partial charge in [-0.2, -0.15) is 0 Å². The lowest BCUT2D eigenvalue weighted by Gasteiger charge is -2.22. The van der Waals surface area contributed by atoms with Gasteiger partial charge >= 0.3 is 0 Å². The topological polar surface area (TPSA) is 51.7 Å². The maximum absolute atomic E-state index is 13.1. The number of thiazole rings is 1. The summed E-state index contributed by atoms with van der Waals surface area (Å²) in [6.45, 7) is 6.14. The second-order valence-corrected chi connectivity index (χ2v) is 8.16. The standard InChI is InChI=1S/C24H28N2O3S/c1-18-9-11-21(12-10-18)29-16-23-25-20(17-30-23)15-26(13-6-14-28-3)24(27)22-8-5-4-7-19(22)2/h4-5,7-12,17H,6,13-16H2,1-3H3. The van der Waals surface area contributed by atoms with E-state index in [1.165, 1.54) is 5.56 Å². The Kier molecular flexibility index (Phi) is 7.99. The molecule has 0 atom stereocenters. The van der Waals surface area contributed by atoms with Gasteiger partial charge in [0.1, 0.15) is 17.4 Å². The molecule has 0 radical (unpaired) electrons. The number of ether oxygens (including phenoxy) is 2. The minimum atomic E-state index is 0.0228. The van der Waals surface area contributed by atoms with Crippen LogP contribution in [0.1, 0.15) is 38.6 Å². The highest BCUT2D eigenvalue weighted by atomic mass is 32.1. The number of hydrogen-bond donors (Lipinski definition) is 0. The molecule has 0 bridgehead atoms. The first-order valence-corrected chi connectivity index (χ1v) is 10.9. The Hall–Kier alpha value is -2.70. The molecule has 0 spiro atoms. The summed E-state index contributed by atoms with van der Waals surface area (Å²) < 4.78 is 11.0. The van der Waals surface area contributed by atoms with Crippen LogP contribution >= 0.6 is 11.3 Å². The van der Waals surface area contributed by atoms with E-state index in [4.69, 9.17) is 9.47 Å². The normalized spacial score (nSPS) is 10.8. The molecule has 1 aromatic heterocycles. The van der Waals surface area contributed by atoms with Gasteiger partial charge in [0.05, 0.1) is 12.2 Å². The van der Waals surface area contributed by atoms with E-state index in [1.54, 1.807) is 18.4 Å². The van der Waals surface area contributed by atoms with Crippen LogP contribution in [0.4, 0.5) is 0 Å². The van der Waals surface area contributed by atoms with Crippen molar-refractivity contribution in [3.05, 3.63) is 81.3 Å². The number of aryl methyl sites for hydroxylation is 2. The van der Waals surface area contributed by atoms with Crippen LogP contribution in [0, 0.1) is 13.8 Å². The van der Waals surface area contributed by atoms with E-state index in [9.17, 15) is 4.79 Å². The molecule has 0 unspecified atom stereocenters. The van der Waals surface area contributed by atoms with Crippen molar-refractivity contribution in [2.24, 2.45) is 0 Å². The molecule has 0 aliphatic heterocycles. The molecule has 0 aliphatic carbocycles. The second-order valence-electron chi connectivity index (χ2n) is 7.22. The van der Waals surface area contributed by atoms with Crippen molar-refractivity contribution >= 4 is 17.2 Å². The summed E-state index contributed by atoms with van der Waals surface area (Å²) in [5.41, 5.74) is 3.78. The first-order chi connectivity index (χ1) is 14.6. The lowest BCUT2D eigenvalue weighted by molar-refractivity contribution is 0.0721. The van der Waals surface area contributed by atoms with Crippen LogP contribution in [-0.4, -0.2) is 36.1 Å². The number of hydrogen-bond acceptors (Lipinski definition) is 5. The highest BCUT2D eigenvalue weighted by Crippen LogP contribution is 2.19. The van der Waals surface area contributed by atoms with Gasteiger partial charge in [-0.15, -0.1) is 11.3 Å². The maximum Gasteiger partial charge on any atom is 0.254 e. The molecule has 5 nitrogen and oxygen atoms in total. The molecule has 0 fully saturated rings. The Morgan fingerprint density at radius 2 is 1.87 bits per heavy atom. The molecule has 3 rings (SSSR count). The molecule has 0 saturated carbocycles. The van der Waals surface area contributed by atoms with Crippen LogP contribution in [-0.2, 0) is 17.9 Å². The quantitative estimate of drug-likeness (QED) is 0.429. The van der Waals surface area contributed by atoms with E-state index in [0.29, 0.717) is 26.3 Å². The Bertz CT molecular complexity index is 953. The summed E-state index contributed by atoms with van der Waals surface area (Å²) in [5.74, 6) is 0.850. The SMILES string of the molecule is COCCCN(Cc1csc(COc2ccc(C)cc2)n1)C(=O)c1ccccc1C. The highest BCUT2D eigenvalue weighted by Gasteiger charge is 2.19. The molecule has 0 aliphatic rings. The summed E-state index contributed by atoms with van der Waals surface area (Å²) in [7, 11) is 1.67. The van der Waals surface area contributed by atoms with Gasteiger partial charge in [-0.25, -0.2) is 4.98 Å². The first-order valence-electron chi connectivity index (χ1n) is 10.0. The van der Waals surface area contributed by atoms with Gasteiger partial charge in [-0.1, -0.05) is 35.9 Å². The van der Waals surface area contributed by atoms with Gasteiger partial charge < -0.3 is 14.4 Å². The number of carbonyl (C=O) groups excluding carboxylic acids is 1. The fourth-order valence-corrected chi connectivity index (χ4v) is 3.79. The fourth-order valence-electron chi connectivity index (χ4n) is 3.10.